The maximum Gasteiger partial charge on any atom is 0.151 e. The molecular formula is C3H8B2NO2. The van der Waals surface area contributed by atoms with Gasteiger partial charge in [0.2, 0.25) is 0 Å². The fourth-order valence-corrected chi connectivity index (χ4v) is 0.179. The quantitative estimate of drug-likeness (QED) is 0.204. The van der Waals surface area contributed by atoms with Gasteiger partial charge in [0, 0.05) is 7.74 Å². The topological polar surface area (TPSA) is 21.7 Å². The predicted octanol–water partition coefficient (Wildman–Crippen LogP) is -0.844. The number of hydrogen-bond acceptors (Lipinski definition) is 3. The van der Waals surface area contributed by atoms with Gasteiger partial charge < -0.3 is 4.81 Å². The summed E-state index contributed by atoms with van der Waals surface area (Å²) >= 11 is 0. The molecule has 43 valence electrons. The highest BCUT2D eigenvalue weighted by atomic mass is 17.2. The summed E-state index contributed by atoms with van der Waals surface area (Å²) in [7, 11) is 9.71. The van der Waals surface area contributed by atoms with E-state index in [2.05, 4.69) is 9.78 Å². The minimum atomic E-state index is 0.354. The van der Waals surface area contributed by atoms with Crippen LogP contribution in [-0.4, -0.2) is 40.7 Å². The molecule has 3 nitrogen and oxygen atoms in total. The Balaban J connectivity index is 2.86. The average Bonchev–Trinajstić information content (AvgIpc) is 1.83. The maximum atomic E-state index is 5.08. The van der Waals surface area contributed by atoms with Crippen LogP contribution in [0.15, 0.2) is 0 Å². The van der Waals surface area contributed by atoms with Crippen LogP contribution in [0.25, 0.3) is 0 Å². The summed E-state index contributed by atoms with van der Waals surface area (Å²) in [5, 5.41) is 0. The largest absolute Gasteiger partial charge is 0.336 e. The molecule has 0 amide bonds. The van der Waals surface area contributed by atoms with E-state index in [9.17, 15) is 0 Å². The Hall–Kier alpha value is 0.00987. The van der Waals surface area contributed by atoms with E-state index < -0.39 is 0 Å². The highest BCUT2D eigenvalue weighted by Gasteiger charge is 1.91. The molecule has 0 atom stereocenters. The molecule has 0 saturated heterocycles. The maximum absolute atomic E-state index is 5.08. The van der Waals surface area contributed by atoms with Crippen LogP contribution in [0.3, 0.4) is 0 Å². The summed E-state index contributed by atoms with van der Waals surface area (Å²) in [6.45, 7) is 0.354. The van der Waals surface area contributed by atoms with Crippen molar-refractivity contribution in [2.75, 3.05) is 20.9 Å². The summed E-state index contributed by atoms with van der Waals surface area (Å²) in [6, 6.07) is 0. The van der Waals surface area contributed by atoms with Crippen LogP contribution in [0, 0.1) is 0 Å². The van der Waals surface area contributed by atoms with Gasteiger partial charge in [0.05, 0.1) is 7.11 Å². The molecule has 0 saturated carbocycles. The molecular weight excluding hydrogens is 104 g/mol. The van der Waals surface area contributed by atoms with Crippen LogP contribution in [0.1, 0.15) is 0 Å². The third kappa shape index (κ3) is 4.18. The standard InChI is InChI=1S/C3H8B2NO2/c1-6(5-4)3-8-7-2/h3H2,1-2H3. The smallest absolute Gasteiger partial charge is 0.151 e. The molecule has 0 aliphatic heterocycles. The molecule has 0 aliphatic rings. The first-order chi connectivity index (χ1) is 3.81. The summed E-state index contributed by atoms with van der Waals surface area (Å²) in [4.78, 5) is 10.4. The molecule has 0 aromatic carbocycles. The van der Waals surface area contributed by atoms with Crippen molar-refractivity contribution in [3.8, 4) is 0 Å². The molecule has 0 aromatic rings. The third-order valence-corrected chi connectivity index (χ3v) is 0.629. The Bertz CT molecular complexity index is 54.5. The lowest BCUT2D eigenvalue weighted by Gasteiger charge is -2.10. The average molecular weight is 112 g/mol. The molecule has 0 heterocycles. The van der Waals surface area contributed by atoms with E-state index >= 15 is 0 Å². The molecule has 0 aliphatic carbocycles. The third-order valence-electron chi connectivity index (χ3n) is 0.629. The SMILES string of the molecule is [B][B]N(C)COOC. The number of hydrogen-bond donors (Lipinski definition) is 0. The monoisotopic (exact) mass is 112 g/mol. The van der Waals surface area contributed by atoms with Crippen molar-refractivity contribution < 1.29 is 9.78 Å². The molecule has 3 radical (unpaired) electrons. The van der Waals surface area contributed by atoms with Crippen molar-refractivity contribution in [2.45, 2.75) is 0 Å². The second-order valence-electron chi connectivity index (χ2n) is 1.32. The zero-order chi connectivity index (χ0) is 6.41. The van der Waals surface area contributed by atoms with Gasteiger partial charge in [0.25, 0.3) is 0 Å². The van der Waals surface area contributed by atoms with Gasteiger partial charge in [-0.25, -0.2) is 9.78 Å². The molecule has 0 fully saturated rings. The van der Waals surface area contributed by atoms with Gasteiger partial charge in [-0.3, -0.25) is 0 Å². The minimum Gasteiger partial charge on any atom is -0.336 e. The lowest BCUT2D eigenvalue weighted by molar-refractivity contribution is -0.286. The normalized spacial score (nSPS) is 9.88. The van der Waals surface area contributed by atoms with Crippen molar-refractivity contribution in [1.29, 1.82) is 0 Å². The summed E-state index contributed by atoms with van der Waals surface area (Å²) in [5.41, 5.74) is 0. The lowest BCUT2D eigenvalue weighted by Crippen LogP contribution is -2.25. The van der Waals surface area contributed by atoms with Gasteiger partial charge in [-0.2, -0.15) is 0 Å². The fourth-order valence-electron chi connectivity index (χ4n) is 0.179. The molecule has 0 rings (SSSR count). The zero-order valence-electron chi connectivity index (χ0n) is 5.13. The van der Waals surface area contributed by atoms with E-state index in [0.29, 0.717) is 6.73 Å². The van der Waals surface area contributed by atoms with Gasteiger partial charge in [-0.15, -0.1) is 0 Å². The number of nitrogens with zero attached hydrogens (tertiary/aromatic N) is 1. The van der Waals surface area contributed by atoms with Gasteiger partial charge in [-0.05, 0) is 7.05 Å². The van der Waals surface area contributed by atoms with Crippen molar-refractivity contribution >= 4 is 15.0 Å². The van der Waals surface area contributed by atoms with Crippen LogP contribution in [-0.2, 0) is 9.78 Å². The van der Waals surface area contributed by atoms with Crippen LogP contribution >= 0.6 is 0 Å². The van der Waals surface area contributed by atoms with Gasteiger partial charge in [0.1, 0.15) is 6.73 Å². The Kier molecular flexibility index (Phi) is 5.16. The Morgan fingerprint density at radius 1 is 1.75 bits per heavy atom. The van der Waals surface area contributed by atoms with Gasteiger partial charge in [0.15, 0.2) is 7.31 Å². The Morgan fingerprint density at radius 2 is 2.38 bits per heavy atom. The van der Waals surface area contributed by atoms with Crippen molar-refractivity contribution in [3.63, 3.8) is 0 Å². The van der Waals surface area contributed by atoms with E-state index in [1.165, 1.54) is 14.4 Å². The molecule has 0 bridgehead atoms. The van der Waals surface area contributed by atoms with Crippen molar-refractivity contribution in [1.82, 2.24) is 4.81 Å². The van der Waals surface area contributed by atoms with Crippen LogP contribution in [0.5, 0.6) is 0 Å². The summed E-state index contributed by atoms with van der Waals surface area (Å²) in [5.74, 6) is 0. The highest BCUT2D eigenvalue weighted by molar-refractivity contribution is 6.87. The van der Waals surface area contributed by atoms with Gasteiger partial charge in [-0.1, -0.05) is 0 Å². The Labute approximate surface area is 51.5 Å². The molecule has 0 spiro atoms. The van der Waals surface area contributed by atoms with Crippen molar-refractivity contribution in [2.24, 2.45) is 0 Å². The molecule has 5 heteroatoms. The van der Waals surface area contributed by atoms with E-state index in [1.54, 1.807) is 11.9 Å². The zero-order valence-corrected chi connectivity index (χ0v) is 5.13. The van der Waals surface area contributed by atoms with Crippen LogP contribution in [0.2, 0.25) is 0 Å². The van der Waals surface area contributed by atoms with E-state index in [-0.39, 0.29) is 0 Å². The highest BCUT2D eigenvalue weighted by Crippen LogP contribution is 1.76. The van der Waals surface area contributed by atoms with Crippen LogP contribution in [0.4, 0.5) is 0 Å². The molecule has 8 heavy (non-hydrogen) atoms. The van der Waals surface area contributed by atoms with Crippen molar-refractivity contribution in [3.05, 3.63) is 0 Å². The van der Waals surface area contributed by atoms with E-state index in [1.807, 2.05) is 0 Å². The minimum absolute atomic E-state index is 0.354. The van der Waals surface area contributed by atoms with E-state index in [4.69, 9.17) is 7.74 Å². The lowest BCUT2D eigenvalue weighted by atomic mass is 9.66. The van der Waals surface area contributed by atoms with Gasteiger partial charge >= 0.3 is 0 Å². The predicted molar refractivity (Wildman–Crippen MR) is 32.2 cm³/mol. The van der Waals surface area contributed by atoms with Crippen LogP contribution < -0.4 is 0 Å². The Morgan fingerprint density at radius 3 is 2.75 bits per heavy atom. The number of rotatable bonds is 4. The first-order valence-electron chi connectivity index (χ1n) is 2.22. The first-order valence-corrected chi connectivity index (χ1v) is 2.22. The molecule has 0 N–H and O–H groups in total. The second-order valence-corrected chi connectivity index (χ2v) is 1.32. The fraction of sp³-hybridized carbons (Fsp3) is 1.00. The molecule has 0 unspecified atom stereocenters. The molecule has 0 aromatic heterocycles. The summed E-state index contributed by atoms with van der Waals surface area (Å²) < 4.78 is 0. The van der Waals surface area contributed by atoms with E-state index in [0.717, 1.165) is 0 Å². The summed E-state index contributed by atoms with van der Waals surface area (Å²) in [6.07, 6.45) is 0. The second kappa shape index (κ2) is 5.15. The first kappa shape index (κ1) is 8.01.